The number of carbonyl (C=O) groups excluding carboxylic acids is 1. The molecule has 122 valence electrons. The van der Waals surface area contributed by atoms with Crippen LogP contribution in [0.3, 0.4) is 0 Å². The van der Waals surface area contributed by atoms with Gasteiger partial charge < -0.3 is 15.4 Å². The van der Waals surface area contributed by atoms with Gasteiger partial charge in [0.15, 0.2) is 0 Å². The Hall–Kier alpha value is -1.62. The van der Waals surface area contributed by atoms with Crippen LogP contribution in [0.1, 0.15) is 58.7 Å². The van der Waals surface area contributed by atoms with E-state index >= 15 is 0 Å². The van der Waals surface area contributed by atoms with Gasteiger partial charge in [0.1, 0.15) is 5.60 Å². The molecular formula is C17H27N3O2. The molecule has 22 heavy (non-hydrogen) atoms. The quantitative estimate of drug-likeness (QED) is 0.897. The lowest BCUT2D eigenvalue weighted by Gasteiger charge is -2.27. The molecule has 1 aliphatic carbocycles. The number of nitrogens with zero attached hydrogens (tertiary/aromatic N) is 1. The number of pyridine rings is 1. The van der Waals surface area contributed by atoms with E-state index in [1.807, 2.05) is 39.0 Å². The second-order valence-corrected chi connectivity index (χ2v) is 6.93. The Morgan fingerprint density at radius 3 is 2.68 bits per heavy atom. The maximum absolute atomic E-state index is 11.9. The van der Waals surface area contributed by atoms with Crippen molar-refractivity contribution >= 4 is 6.09 Å². The van der Waals surface area contributed by atoms with Crippen molar-refractivity contribution in [2.75, 3.05) is 0 Å². The van der Waals surface area contributed by atoms with Gasteiger partial charge in [-0.05, 0) is 59.1 Å². The van der Waals surface area contributed by atoms with E-state index in [1.54, 1.807) is 6.20 Å². The zero-order valence-corrected chi connectivity index (χ0v) is 13.9. The predicted octanol–water partition coefficient (Wildman–Crippen LogP) is 3.18. The molecule has 1 fully saturated rings. The van der Waals surface area contributed by atoms with Crippen molar-refractivity contribution in [3.8, 4) is 0 Å². The normalized spacial score (nSPS) is 23.1. The van der Waals surface area contributed by atoms with Crippen molar-refractivity contribution in [3.05, 3.63) is 30.1 Å². The second-order valence-electron chi connectivity index (χ2n) is 6.93. The molecule has 0 spiro atoms. The number of rotatable bonds is 4. The van der Waals surface area contributed by atoms with E-state index in [9.17, 15) is 4.79 Å². The van der Waals surface area contributed by atoms with Crippen LogP contribution in [0.5, 0.6) is 0 Å². The third kappa shape index (κ3) is 4.98. The molecule has 0 bridgehead atoms. The summed E-state index contributed by atoms with van der Waals surface area (Å²) in [6.45, 7) is 7.73. The largest absolute Gasteiger partial charge is 0.444 e. The molecule has 1 heterocycles. The van der Waals surface area contributed by atoms with Gasteiger partial charge in [-0.2, -0.15) is 0 Å². The third-order valence-corrected chi connectivity index (χ3v) is 3.81. The van der Waals surface area contributed by atoms with E-state index in [0.29, 0.717) is 0 Å². The molecule has 3 atom stereocenters. The van der Waals surface area contributed by atoms with Crippen LogP contribution in [-0.2, 0) is 4.74 Å². The first-order valence-electron chi connectivity index (χ1n) is 8.01. The highest BCUT2D eigenvalue weighted by Gasteiger charge is 2.31. The minimum Gasteiger partial charge on any atom is -0.444 e. The summed E-state index contributed by atoms with van der Waals surface area (Å²) in [6, 6.07) is 6.45. The standard InChI is InChI=1S/C17H27N3O2/c1-12(13-8-5-6-11-18-13)19-14-9-7-10-15(14)20-16(21)22-17(2,3)4/h5-6,8,11-12,14-15,19H,7,9-10H2,1-4H3,(H,20,21). The average molecular weight is 305 g/mol. The lowest BCUT2D eigenvalue weighted by molar-refractivity contribution is 0.0497. The van der Waals surface area contributed by atoms with Crippen molar-refractivity contribution in [2.24, 2.45) is 0 Å². The Kier molecular flexibility index (Phi) is 5.40. The van der Waals surface area contributed by atoms with Crippen LogP contribution in [0, 0.1) is 0 Å². The van der Waals surface area contributed by atoms with Gasteiger partial charge in [0.2, 0.25) is 0 Å². The minimum atomic E-state index is -0.465. The first-order valence-corrected chi connectivity index (χ1v) is 8.01. The molecule has 0 aliphatic heterocycles. The van der Waals surface area contributed by atoms with E-state index < -0.39 is 5.60 Å². The lowest BCUT2D eigenvalue weighted by atomic mass is 10.1. The van der Waals surface area contributed by atoms with E-state index in [4.69, 9.17) is 4.74 Å². The summed E-state index contributed by atoms with van der Waals surface area (Å²) in [4.78, 5) is 16.3. The molecule has 3 unspecified atom stereocenters. The van der Waals surface area contributed by atoms with Crippen molar-refractivity contribution in [3.63, 3.8) is 0 Å². The van der Waals surface area contributed by atoms with Crippen molar-refractivity contribution < 1.29 is 9.53 Å². The van der Waals surface area contributed by atoms with Crippen LogP contribution in [0.25, 0.3) is 0 Å². The number of aromatic nitrogens is 1. The fraction of sp³-hybridized carbons (Fsp3) is 0.647. The summed E-state index contributed by atoms with van der Waals surface area (Å²) in [6.07, 6.45) is 4.60. The van der Waals surface area contributed by atoms with Crippen LogP contribution >= 0.6 is 0 Å². The molecule has 0 saturated heterocycles. The van der Waals surface area contributed by atoms with Crippen LogP contribution in [-0.4, -0.2) is 28.8 Å². The van der Waals surface area contributed by atoms with Crippen molar-refractivity contribution in [1.82, 2.24) is 15.6 Å². The SMILES string of the molecule is CC(NC1CCCC1NC(=O)OC(C)(C)C)c1ccccn1. The summed E-state index contributed by atoms with van der Waals surface area (Å²) >= 11 is 0. The zero-order chi connectivity index (χ0) is 16.2. The van der Waals surface area contributed by atoms with Gasteiger partial charge in [0.05, 0.1) is 5.69 Å². The molecule has 5 nitrogen and oxygen atoms in total. The average Bonchev–Trinajstić information content (AvgIpc) is 2.84. The number of nitrogens with one attached hydrogen (secondary N) is 2. The van der Waals surface area contributed by atoms with Gasteiger partial charge in [0, 0.05) is 24.3 Å². The molecule has 0 aromatic carbocycles. The first kappa shape index (κ1) is 16.7. The maximum atomic E-state index is 11.9. The predicted molar refractivity (Wildman–Crippen MR) is 86.6 cm³/mol. The number of alkyl carbamates (subject to hydrolysis) is 1. The number of carbonyl (C=O) groups is 1. The molecule has 2 rings (SSSR count). The van der Waals surface area contributed by atoms with Gasteiger partial charge in [0.25, 0.3) is 0 Å². The molecule has 1 aromatic heterocycles. The van der Waals surface area contributed by atoms with E-state index in [2.05, 4.69) is 22.5 Å². The highest BCUT2D eigenvalue weighted by Crippen LogP contribution is 2.22. The first-order chi connectivity index (χ1) is 10.3. The molecule has 1 aromatic rings. The van der Waals surface area contributed by atoms with Crippen LogP contribution in [0.15, 0.2) is 24.4 Å². The van der Waals surface area contributed by atoms with Gasteiger partial charge in [-0.3, -0.25) is 4.98 Å². The number of hydrogen-bond donors (Lipinski definition) is 2. The summed E-state index contributed by atoms with van der Waals surface area (Å²) in [5.41, 5.74) is 0.553. The number of amides is 1. The second kappa shape index (κ2) is 7.09. The summed E-state index contributed by atoms with van der Waals surface area (Å²) < 4.78 is 5.35. The Morgan fingerprint density at radius 1 is 1.32 bits per heavy atom. The zero-order valence-electron chi connectivity index (χ0n) is 13.9. The van der Waals surface area contributed by atoms with E-state index in [1.165, 1.54) is 0 Å². The number of ether oxygens (including phenoxy) is 1. The van der Waals surface area contributed by atoms with Gasteiger partial charge >= 0.3 is 6.09 Å². The molecule has 0 radical (unpaired) electrons. The Balaban J connectivity index is 1.89. The summed E-state index contributed by atoms with van der Waals surface area (Å²) in [5, 5.41) is 6.58. The van der Waals surface area contributed by atoms with Crippen molar-refractivity contribution in [2.45, 2.75) is 70.7 Å². The topological polar surface area (TPSA) is 63.2 Å². The monoisotopic (exact) mass is 305 g/mol. The lowest BCUT2D eigenvalue weighted by Crippen LogP contribution is -2.48. The Bertz CT molecular complexity index is 484. The van der Waals surface area contributed by atoms with E-state index in [0.717, 1.165) is 25.0 Å². The summed E-state index contributed by atoms with van der Waals surface area (Å²) in [7, 11) is 0. The smallest absolute Gasteiger partial charge is 0.407 e. The Morgan fingerprint density at radius 2 is 2.05 bits per heavy atom. The molecule has 1 saturated carbocycles. The van der Waals surface area contributed by atoms with Crippen molar-refractivity contribution in [1.29, 1.82) is 0 Å². The molecule has 1 aliphatic rings. The van der Waals surface area contributed by atoms with Gasteiger partial charge in [-0.15, -0.1) is 0 Å². The summed E-state index contributed by atoms with van der Waals surface area (Å²) in [5.74, 6) is 0. The minimum absolute atomic E-state index is 0.112. The highest BCUT2D eigenvalue weighted by atomic mass is 16.6. The molecule has 5 heteroatoms. The maximum Gasteiger partial charge on any atom is 0.407 e. The molecule has 1 amide bonds. The number of hydrogen-bond acceptors (Lipinski definition) is 4. The van der Waals surface area contributed by atoms with Crippen LogP contribution in [0.2, 0.25) is 0 Å². The fourth-order valence-electron chi connectivity index (χ4n) is 2.83. The van der Waals surface area contributed by atoms with Crippen LogP contribution in [0.4, 0.5) is 4.79 Å². The molecular weight excluding hydrogens is 278 g/mol. The van der Waals surface area contributed by atoms with Crippen LogP contribution < -0.4 is 10.6 Å². The van der Waals surface area contributed by atoms with E-state index in [-0.39, 0.29) is 24.2 Å². The Labute approximate surface area is 132 Å². The van der Waals surface area contributed by atoms with Gasteiger partial charge in [-0.1, -0.05) is 6.07 Å². The van der Waals surface area contributed by atoms with Gasteiger partial charge in [-0.25, -0.2) is 4.79 Å². The highest BCUT2D eigenvalue weighted by molar-refractivity contribution is 5.68. The third-order valence-electron chi connectivity index (χ3n) is 3.81. The fourth-order valence-corrected chi connectivity index (χ4v) is 2.83. The molecule has 2 N–H and O–H groups in total.